The number of amides is 1. The molecule has 2 aromatic carbocycles. The predicted molar refractivity (Wildman–Crippen MR) is 106 cm³/mol. The van der Waals surface area contributed by atoms with E-state index in [1.54, 1.807) is 42.5 Å². The molecule has 5 nitrogen and oxygen atoms in total. The molecule has 0 heterocycles. The van der Waals surface area contributed by atoms with Crippen LogP contribution in [0.15, 0.2) is 47.4 Å². The molecule has 3 rings (SSSR count). The lowest BCUT2D eigenvalue weighted by atomic mass is 10.2. The summed E-state index contributed by atoms with van der Waals surface area (Å²) < 4.78 is 27.4. The SMILES string of the molecule is Cc1ccc(S(=O)(=O)N(CC(=O)NC2CC2)Cc2ccc(Cl)c(Cl)c2)cc1. The number of carbonyl (C=O) groups is 1. The summed E-state index contributed by atoms with van der Waals surface area (Å²) in [6.07, 6.45) is 1.87. The number of rotatable bonds is 7. The minimum absolute atomic E-state index is 0.0190. The van der Waals surface area contributed by atoms with Gasteiger partial charge < -0.3 is 5.32 Å². The van der Waals surface area contributed by atoms with Crippen LogP contribution in [0.5, 0.6) is 0 Å². The van der Waals surface area contributed by atoms with Crippen LogP contribution < -0.4 is 5.32 Å². The van der Waals surface area contributed by atoms with E-state index in [1.807, 2.05) is 6.92 Å². The summed E-state index contributed by atoms with van der Waals surface area (Å²) in [5, 5.41) is 3.56. The van der Waals surface area contributed by atoms with Gasteiger partial charge in [-0.2, -0.15) is 4.31 Å². The molecule has 0 unspecified atom stereocenters. The van der Waals surface area contributed by atoms with Gasteiger partial charge in [0.2, 0.25) is 15.9 Å². The maximum absolute atomic E-state index is 13.1. The number of sulfonamides is 1. The Labute approximate surface area is 169 Å². The lowest BCUT2D eigenvalue weighted by Gasteiger charge is -2.22. The third kappa shape index (κ3) is 5.23. The van der Waals surface area contributed by atoms with Crippen LogP contribution in [0.3, 0.4) is 0 Å². The van der Waals surface area contributed by atoms with Crippen LogP contribution in [0.2, 0.25) is 10.0 Å². The highest BCUT2D eigenvalue weighted by Gasteiger charge is 2.29. The molecule has 1 aliphatic carbocycles. The molecule has 144 valence electrons. The van der Waals surface area contributed by atoms with Crippen molar-refractivity contribution < 1.29 is 13.2 Å². The molecule has 1 saturated carbocycles. The minimum atomic E-state index is -3.85. The topological polar surface area (TPSA) is 66.5 Å². The van der Waals surface area contributed by atoms with Crippen LogP contribution in [0.1, 0.15) is 24.0 Å². The number of aryl methyl sites for hydroxylation is 1. The Hall–Kier alpha value is -1.60. The van der Waals surface area contributed by atoms with Gasteiger partial charge in [-0.05, 0) is 49.6 Å². The van der Waals surface area contributed by atoms with Gasteiger partial charge in [-0.3, -0.25) is 4.79 Å². The molecule has 1 fully saturated rings. The van der Waals surface area contributed by atoms with E-state index in [-0.39, 0.29) is 29.9 Å². The number of nitrogens with zero attached hydrogens (tertiary/aromatic N) is 1. The standard InChI is InChI=1S/C19H20Cl2N2O3S/c1-13-2-7-16(8-3-13)27(25,26)23(12-19(24)22-15-5-6-15)11-14-4-9-17(20)18(21)10-14/h2-4,7-10,15H,5-6,11-12H2,1H3,(H,22,24). The van der Waals surface area contributed by atoms with E-state index in [1.165, 1.54) is 0 Å². The van der Waals surface area contributed by atoms with Gasteiger partial charge in [-0.1, -0.05) is 47.0 Å². The van der Waals surface area contributed by atoms with E-state index in [9.17, 15) is 13.2 Å². The third-order valence-corrected chi connectivity index (χ3v) is 6.81. The zero-order valence-corrected chi connectivity index (χ0v) is 17.1. The smallest absolute Gasteiger partial charge is 0.243 e. The summed E-state index contributed by atoms with van der Waals surface area (Å²) >= 11 is 12.0. The molecule has 27 heavy (non-hydrogen) atoms. The lowest BCUT2D eigenvalue weighted by Crippen LogP contribution is -2.41. The second-order valence-corrected chi connectivity index (χ2v) is 9.43. The first-order valence-corrected chi connectivity index (χ1v) is 10.8. The second-order valence-electron chi connectivity index (χ2n) is 6.68. The fourth-order valence-electron chi connectivity index (χ4n) is 2.59. The Morgan fingerprint density at radius 3 is 2.37 bits per heavy atom. The Balaban J connectivity index is 1.88. The van der Waals surface area contributed by atoms with Crippen molar-refractivity contribution in [2.45, 2.75) is 37.2 Å². The fraction of sp³-hybridized carbons (Fsp3) is 0.316. The maximum Gasteiger partial charge on any atom is 0.243 e. The van der Waals surface area contributed by atoms with Gasteiger partial charge in [0, 0.05) is 12.6 Å². The van der Waals surface area contributed by atoms with Crippen molar-refractivity contribution in [1.29, 1.82) is 0 Å². The predicted octanol–water partition coefficient (Wildman–Crippen LogP) is 3.77. The van der Waals surface area contributed by atoms with Crippen molar-refractivity contribution in [2.75, 3.05) is 6.54 Å². The molecule has 0 bridgehead atoms. The molecule has 0 saturated heterocycles. The molecule has 0 spiro atoms. The number of benzene rings is 2. The largest absolute Gasteiger partial charge is 0.352 e. The van der Waals surface area contributed by atoms with E-state index < -0.39 is 10.0 Å². The van der Waals surface area contributed by atoms with Crippen LogP contribution in [0.25, 0.3) is 0 Å². The van der Waals surface area contributed by atoms with Crippen LogP contribution in [0.4, 0.5) is 0 Å². The zero-order chi connectivity index (χ0) is 19.6. The van der Waals surface area contributed by atoms with Gasteiger partial charge in [-0.15, -0.1) is 0 Å². The van der Waals surface area contributed by atoms with E-state index in [0.29, 0.717) is 15.6 Å². The van der Waals surface area contributed by atoms with Crippen molar-refractivity contribution in [2.24, 2.45) is 0 Å². The Kier molecular flexibility index (Phi) is 6.11. The number of hydrogen-bond donors (Lipinski definition) is 1. The molecule has 1 N–H and O–H groups in total. The summed E-state index contributed by atoms with van der Waals surface area (Å²) in [7, 11) is -3.85. The van der Waals surface area contributed by atoms with Gasteiger partial charge in [0.1, 0.15) is 0 Å². The summed E-state index contributed by atoms with van der Waals surface area (Å²) in [4.78, 5) is 12.4. The van der Waals surface area contributed by atoms with Crippen LogP contribution in [-0.2, 0) is 21.4 Å². The second kappa shape index (κ2) is 8.19. The number of carbonyl (C=O) groups excluding carboxylic acids is 1. The summed E-state index contributed by atoms with van der Waals surface area (Å²) in [6.45, 7) is 1.64. The Morgan fingerprint density at radius 1 is 1.11 bits per heavy atom. The molecule has 8 heteroatoms. The fourth-order valence-corrected chi connectivity index (χ4v) is 4.29. The third-order valence-electron chi connectivity index (χ3n) is 4.26. The van der Waals surface area contributed by atoms with Crippen molar-refractivity contribution in [3.63, 3.8) is 0 Å². The van der Waals surface area contributed by atoms with E-state index >= 15 is 0 Å². The molecular formula is C19H20Cl2N2O3S. The molecule has 0 aliphatic heterocycles. The molecule has 1 aliphatic rings. The highest BCUT2D eigenvalue weighted by molar-refractivity contribution is 7.89. The van der Waals surface area contributed by atoms with Crippen molar-refractivity contribution in [3.8, 4) is 0 Å². The Morgan fingerprint density at radius 2 is 1.78 bits per heavy atom. The molecule has 1 amide bonds. The van der Waals surface area contributed by atoms with E-state index in [4.69, 9.17) is 23.2 Å². The number of nitrogens with one attached hydrogen (secondary N) is 1. The Bertz CT molecular complexity index is 942. The van der Waals surface area contributed by atoms with Crippen molar-refractivity contribution in [1.82, 2.24) is 9.62 Å². The first-order chi connectivity index (χ1) is 12.8. The minimum Gasteiger partial charge on any atom is -0.352 e. The van der Waals surface area contributed by atoms with Crippen LogP contribution >= 0.6 is 23.2 Å². The van der Waals surface area contributed by atoms with Gasteiger partial charge in [0.15, 0.2) is 0 Å². The average molecular weight is 427 g/mol. The molecule has 0 radical (unpaired) electrons. The molecule has 0 atom stereocenters. The summed E-state index contributed by atoms with van der Waals surface area (Å²) in [5.74, 6) is -0.312. The summed E-state index contributed by atoms with van der Waals surface area (Å²) in [5.41, 5.74) is 1.61. The van der Waals surface area contributed by atoms with E-state index in [2.05, 4.69) is 5.32 Å². The highest BCUT2D eigenvalue weighted by atomic mass is 35.5. The van der Waals surface area contributed by atoms with Gasteiger partial charge in [0.25, 0.3) is 0 Å². The quantitative estimate of drug-likeness (QED) is 0.732. The lowest BCUT2D eigenvalue weighted by molar-refractivity contribution is -0.121. The van der Waals surface area contributed by atoms with Crippen molar-refractivity contribution in [3.05, 3.63) is 63.6 Å². The highest BCUT2D eigenvalue weighted by Crippen LogP contribution is 2.25. The monoisotopic (exact) mass is 426 g/mol. The number of hydrogen-bond acceptors (Lipinski definition) is 3. The van der Waals surface area contributed by atoms with Crippen LogP contribution in [0, 0.1) is 6.92 Å². The molecule has 0 aromatic heterocycles. The van der Waals surface area contributed by atoms with E-state index in [0.717, 1.165) is 22.7 Å². The normalized spacial score (nSPS) is 14.4. The first kappa shape index (κ1) is 20.1. The molecular weight excluding hydrogens is 407 g/mol. The van der Waals surface area contributed by atoms with Crippen molar-refractivity contribution >= 4 is 39.1 Å². The first-order valence-electron chi connectivity index (χ1n) is 8.56. The average Bonchev–Trinajstić information content (AvgIpc) is 3.42. The zero-order valence-electron chi connectivity index (χ0n) is 14.8. The number of halogens is 2. The van der Waals surface area contributed by atoms with Gasteiger partial charge >= 0.3 is 0 Å². The van der Waals surface area contributed by atoms with Gasteiger partial charge in [0.05, 0.1) is 21.5 Å². The van der Waals surface area contributed by atoms with Crippen LogP contribution in [-0.4, -0.2) is 31.2 Å². The maximum atomic E-state index is 13.1. The molecule has 2 aromatic rings. The summed E-state index contributed by atoms with van der Waals surface area (Å²) in [6, 6.07) is 11.6. The van der Waals surface area contributed by atoms with Gasteiger partial charge in [-0.25, -0.2) is 8.42 Å².